The number of aromatic nitrogens is 3. The van der Waals surface area contributed by atoms with Crippen molar-refractivity contribution in [2.75, 3.05) is 25.0 Å². The summed E-state index contributed by atoms with van der Waals surface area (Å²) >= 11 is 0. The highest BCUT2D eigenvalue weighted by atomic mass is 16.5. The molecule has 1 aliphatic carbocycles. The highest BCUT2D eigenvalue weighted by molar-refractivity contribution is 5.94. The van der Waals surface area contributed by atoms with E-state index in [2.05, 4.69) is 20.4 Å². The molecule has 2 aromatic rings. The number of carbonyl (C=O) groups is 1. The third-order valence-electron chi connectivity index (χ3n) is 5.49. The first-order valence-electron chi connectivity index (χ1n) is 10.1. The van der Waals surface area contributed by atoms with Crippen LogP contribution in [0.15, 0.2) is 22.9 Å². The van der Waals surface area contributed by atoms with Crippen molar-refractivity contribution in [1.29, 1.82) is 0 Å². The van der Waals surface area contributed by atoms with Gasteiger partial charge >= 0.3 is 0 Å². The minimum atomic E-state index is 0.0968. The second kappa shape index (κ2) is 8.50. The highest BCUT2D eigenvalue weighted by Crippen LogP contribution is 2.32. The van der Waals surface area contributed by atoms with Gasteiger partial charge in [-0.3, -0.25) is 4.79 Å². The molecule has 0 spiro atoms. The molecule has 1 saturated carbocycles. The predicted molar refractivity (Wildman–Crippen MR) is 102 cm³/mol. The molecule has 1 amide bonds. The van der Waals surface area contributed by atoms with Crippen LogP contribution in [0.1, 0.15) is 72.9 Å². The Kier molecular flexibility index (Phi) is 5.65. The lowest BCUT2D eigenvalue weighted by Crippen LogP contribution is -2.35. The Balaban J connectivity index is 1.30. The first-order valence-corrected chi connectivity index (χ1v) is 10.1. The van der Waals surface area contributed by atoms with Crippen LogP contribution in [0.4, 0.5) is 5.82 Å². The summed E-state index contributed by atoms with van der Waals surface area (Å²) in [6.07, 6.45) is 10.6. The van der Waals surface area contributed by atoms with Gasteiger partial charge in [0.2, 0.25) is 5.89 Å². The van der Waals surface area contributed by atoms with Crippen molar-refractivity contribution in [2.24, 2.45) is 0 Å². The number of likely N-dealkylation sites (tertiary alicyclic amines) is 1. The topological polar surface area (TPSA) is 84.2 Å². The van der Waals surface area contributed by atoms with Crippen molar-refractivity contribution in [3.8, 4) is 0 Å². The number of piperidine rings is 1. The van der Waals surface area contributed by atoms with Gasteiger partial charge in [0.1, 0.15) is 5.82 Å². The molecule has 144 valence electrons. The molecule has 7 nitrogen and oxygen atoms in total. The minimum Gasteiger partial charge on any atom is -0.370 e. The molecule has 0 bridgehead atoms. The lowest BCUT2D eigenvalue weighted by molar-refractivity contribution is 0.0724. The molecule has 2 aromatic heterocycles. The number of hydrogen-bond donors (Lipinski definition) is 1. The van der Waals surface area contributed by atoms with Crippen molar-refractivity contribution in [2.45, 2.75) is 57.3 Å². The molecule has 2 fully saturated rings. The lowest BCUT2D eigenvalue weighted by atomic mass is 10.1. The summed E-state index contributed by atoms with van der Waals surface area (Å²) in [5.74, 6) is 2.76. The third kappa shape index (κ3) is 4.46. The maximum atomic E-state index is 12.6. The van der Waals surface area contributed by atoms with Gasteiger partial charge in [0.05, 0.1) is 0 Å². The summed E-state index contributed by atoms with van der Waals surface area (Å²) in [6.45, 7) is 2.36. The number of pyridine rings is 1. The number of hydrogen-bond acceptors (Lipinski definition) is 6. The van der Waals surface area contributed by atoms with Crippen LogP contribution in [0.5, 0.6) is 0 Å². The second-order valence-electron chi connectivity index (χ2n) is 7.49. The Labute approximate surface area is 159 Å². The lowest BCUT2D eigenvalue weighted by Gasteiger charge is -2.26. The third-order valence-corrected chi connectivity index (χ3v) is 5.49. The minimum absolute atomic E-state index is 0.0968. The smallest absolute Gasteiger partial charge is 0.254 e. The normalized spacial score (nSPS) is 18.0. The molecular weight excluding hydrogens is 342 g/mol. The fourth-order valence-electron chi connectivity index (χ4n) is 3.95. The molecule has 1 aliphatic heterocycles. The van der Waals surface area contributed by atoms with Crippen LogP contribution >= 0.6 is 0 Å². The second-order valence-corrected chi connectivity index (χ2v) is 7.49. The Hall–Kier alpha value is -2.44. The van der Waals surface area contributed by atoms with E-state index >= 15 is 0 Å². The maximum absolute atomic E-state index is 12.6. The molecule has 1 N–H and O–H groups in total. The van der Waals surface area contributed by atoms with Gasteiger partial charge in [-0.25, -0.2) is 4.98 Å². The van der Waals surface area contributed by atoms with Crippen LogP contribution < -0.4 is 5.32 Å². The fraction of sp³-hybridized carbons (Fsp3) is 0.600. The van der Waals surface area contributed by atoms with E-state index < -0.39 is 0 Å². The molecule has 0 aromatic carbocycles. The molecule has 7 heteroatoms. The van der Waals surface area contributed by atoms with E-state index in [1.54, 1.807) is 12.3 Å². The van der Waals surface area contributed by atoms with E-state index in [1.165, 1.54) is 19.3 Å². The van der Waals surface area contributed by atoms with Crippen molar-refractivity contribution >= 4 is 11.7 Å². The fourth-order valence-corrected chi connectivity index (χ4v) is 3.95. The van der Waals surface area contributed by atoms with Gasteiger partial charge in [0.15, 0.2) is 5.82 Å². The quantitative estimate of drug-likeness (QED) is 0.840. The van der Waals surface area contributed by atoms with Gasteiger partial charge in [0, 0.05) is 43.7 Å². The monoisotopic (exact) mass is 369 g/mol. The maximum Gasteiger partial charge on any atom is 0.254 e. The first kappa shape index (κ1) is 17.9. The van der Waals surface area contributed by atoms with Crippen LogP contribution in [0.3, 0.4) is 0 Å². The number of nitrogens with one attached hydrogen (secondary N) is 1. The van der Waals surface area contributed by atoms with Crippen LogP contribution in [0, 0.1) is 0 Å². The summed E-state index contributed by atoms with van der Waals surface area (Å²) in [5, 5.41) is 7.36. The van der Waals surface area contributed by atoms with Crippen molar-refractivity contribution in [3.05, 3.63) is 35.6 Å². The van der Waals surface area contributed by atoms with Gasteiger partial charge < -0.3 is 14.7 Å². The molecule has 3 heterocycles. The average Bonchev–Trinajstić information content (AvgIpc) is 3.40. The number of anilines is 1. The molecule has 2 aliphatic rings. The van der Waals surface area contributed by atoms with Gasteiger partial charge in [0.25, 0.3) is 5.91 Å². The molecule has 0 unspecified atom stereocenters. The molecule has 27 heavy (non-hydrogen) atoms. The Morgan fingerprint density at radius 3 is 2.81 bits per heavy atom. The van der Waals surface area contributed by atoms with E-state index in [0.29, 0.717) is 30.3 Å². The highest BCUT2D eigenvalue weighted by Gasteiger charge is 2.23. The average molecular weight is 369 g/mol. The molecule has 0 atom stereocenters. The standard InChI is InChI=1S/C20H27N5O2/c26-20(25-12-4-1-5-13-25)16-8-10-21-18(14-16)22-11-9-17-23-19(27-24-17)15-6-2-3-7-15/h8,10,14-15H,1-7,9,11-13H2,(H,21,22). The zero-order valence-electron chi connectivity index (χ0n) is 15.7. The summed E-state index contributed by atoms with van der Waals surface area (Å²) < 4.78 is 5.41. The summed E-state index contributed by atoms with van der Waals surface area (Å²) in [6, 6.07) is 3.62. The van der Waals surface area contributed by atoms with Gasteiger partial charge in [-0.05, 0) is 44.2 Å². The van der Waals surface area contributed by atoms with Gasteiger partial charge in [-0.1, -0.05) is 18.0 Å². The summed E-state index contributed by atoms with van der Waals surface area (Å²) in [7, 11) is 0. The molecule has 4 rings (SSSR count). The van der Waals surface area contributed by atoms with E-state index in [4.69, 9.17) is 4.52 Å². The number of rotatable bonds is 6. The first-order chi connectivity index (χ1) is 13.3. The van der Waals surface area contributed by atoms with E-state index in [9.17, 15) is 4.79 Å². The van der Waals surface area contributed by atoms with E-state index in [-0.39, 0.29) is 5.91 Å². The summed E-state index contributed by atoms with van der Waals surface area (Å²) in [4.78, 5) is 23.4. The van der Waals surface area contributed by atoms with Crippen LogP contribution in [-0.4, -0.2) is 45.6 Å². The number of carbonyl (C=O) groups excluding carboxylic acids is 1. The Morgan fingerprint density at radius 1 is 1.19 bits per heavy atom. The number of nitrogens with zero attached hydrogens (tertiary/aromatic N) is 4. The van der Waals surface area contributed by atoms with Gasteiger partial charge in [-0.15, -0.1) is 0 Å². The van der Waals surface area contributed by atoms with Crippen molar-refractivity contribution in [1.82, 2.24) is 20.0 Å². The van der Waals surface area contributed by atoms with E-state index in [1.807, 2.05) is 11.0 Å². The summed E-state index contributed by atoms with van der Waals surface area (Å²) in [5.41, 5.74) is 0.692. The molecule has 1 saturated heterocycles. The van der Waals surface area contributed by atoms with Crippen molar-refractivity contribution < 1.29 is 9.32 Å². The number of amides is 1. The Bertz CT molecular complexity index is 763. The van der Waals surface area contributed by atoms with Crippen LogP contribution in [0.2, 0.25) is 0 Å². The van der Waals surface area contributed by atoms with Crippen LogP contribution in [0.25, 0.3) is 0 Å². The zero-order valence-corrected chi connectivity index (χ0v) is 15.7. The molecule has 0 radical (unpaired) electrons. The predicted octanol–water partition coefficient (Wildman–Crippen LogP) is 3.40. The molecular formula is C20H27N5O2. The van der Waals surface area contributed by atoms with Crippen molar-refractivity contribution in [3.63, 3.8) is 0 Å². The Morgan fingerprint density at radius 2 is 2.00 bits per heavy atom. The zero-order chi connectivity index (χ0) is 18.5. The van der Waals surface area contributed by atoms with Gasteiger partial charge in [-0.2, -0.15) is 4.98 Å². The largest absolute Gasteiger partial charge is 0.370 e. The SMILES string of the molecule is O=C(c1ccnc(NCCc2noc(C3CCCC3)n2)c1)N1CCCCC1. The van der Waals surface area contributed by atoms with E-state index in [0.717, 1.165) is 50.5 Å². The van der Waals surface area contributed by atoms with Crippen LogP contribution in [-0.2, 0) is 6.42 Å².